The average Bonchev–Trinajstić information content (AvgIpc) is 2.98. The summed E-state index contributed by atoms with van der Waals surface area (Å²) >= 11 is 0. The summed E-state index contributed by atoms with van der Waals surface area (Å²) in [6.45, 7) is 7.15. The normalized spacial score (nSPS) is 11.1. The Labute approximate surface area is 245 Å². The number of carbonyl (C=O) groups is 2. The molecule has 3 rings (SSSR count). The van der Waals surface area contributed by atoms with Crippen molar-refractivity contribution in [2.45, 2.75) is 111 Å². The molecular weight excluding hydrogens is 516 g/mol. The Bertz CT molecular complexity index is 1230. The van der Waals surface area contributed by atoms with Crippen molar-refractivity contribution in [1.29, 1.82) is 0 Å². The van der Waals surface area contributed by atoms with E-state index in [2.05, 4.69) is 20.8 Å². The summed E-state index contributed by atoms with van der Waals surface area (Å²) in [5.74, 6) is 0.842. The second-order valence-corrected chi connectivity index (χ2v) is 10.7. The first kappa shape index (κ1) is 32.2. The quantitative estimate of drug-likeness (QED) is 0.0662. The molecule has 6 heteroatoms. The molecule has 0 atom stereocenters. The van der Waals surface area contributed by atoms with E-state index in [4.69, 9.17) is 18.9 Å². The molecule has 0 saturated heterocycles. The van der Waals surface area contributed by atoms with Gasteiger partial charge in [-0.15, -0.1) is 0 Å². The number of hydrogen-bond donors (Lipinski definition) is 0. The summed E-state index contributed by atoms with van der Waals surface area (Å²) in [5, 5.41) is 2.80. The zero-order valence-corrected chi connectivity index (χ0v) is 25.3. The smallest absolute Gasteiger partial charge is 0.434 e. The van der Waals surface area contributed by atoms with Gasteiger partial charge in [-0.05, 0) is 24.8 Å². The third kappa shape index (κ3) is 9.94. The molecule has 0 bridgehead atoms. The van der Waals surface area contributed by atoms with Gasteiger partial charge in [-0.2, -0.15) is 0 Å². The van der Waals surface area contributed by atoms with Crippen molar-refractivity contribution in [1.82, 2.24) is 0 Å². The molecule has 41 heavy (non-hydrogen) atoms. The lowest BCUT2D eigenvalue weighted by molar-refractivity contribution is 0.0965. The van der Waals surface area contributed by atoms with Crippen LogP contribution in [0.5, 0.6) is 11.5 Å². The van der Waals surface area contributed by atoms with Gasteiger partial charge in [0.15, 0.2) is 5.75 Å². The second-order valence-electron chi connectivity index (χ2n) is 10.7. The maximum Gasteiger partial charge on any atom is 0.513 e. The first-order valence-electron chi connectivity index (χ1n) is 15.8. The lowest BCUT2D eigenvalue weighted by atomic mass is 9.95. The minimum atomic E-state index is -0.724. The molecule has 0 spiro atoms. The number of hydrogen-bond acceptors (Lipinski definition) is 6. The average molecular weight is 565 g/mol. The summed E-state index contributed by atoms with van der Waals surface area (Å²) in [7, 11) is 0. The summed E-state index contributed by atoms with van der Waals surface area (Å²) < 4.78 is 22.7. The van der Waals surface area contributed by atoms with E-state index in [9.17, 15) is 9.59 Å². The van der Waals surface area contributed by atoms with E-state index in [1.165, 1.54) is 38.5 Å². The first-order valence-corrected chi connectivity index (χ1v) is 15.8. The topological polar surface area (TPSA) is 71.1 Å². The van der Waals surface area contributed by atoms with Crippen LogP contribution in [0.1, 0.15) is 110 Å². The van der Waals surface area contributed by atoms with Crippen molar-refractivity contribution in [3.05, 3.63) is 48.0 Å². The Hall–Kier alpha value is -3.28. The van der Waals surface area contributed by atoms with Crippen molar-refractivity contribution in [3.63, 3.8) is 0 Å². The number of carbonyl (C=O) groups excluding carboxylic acids is 2. The van der Waals surface area contributed by atoms with Gasteiger partial charge in [0.25, 0.3) is 0 Å². The molecule has 0 N–H and O–H groups in total. The predicted octanol–water partition coefficient (Wildman–Crippen LogP) is 10.7. The van der Waals surface area contributed by atoms with E-state index in [0.29, 0.717) is 40.9 Å². The van der Waals surface area contributed by atoms with Crippen LogP contribution in [0.4, 0.5) is 9.59 Å². The fourth-order valence-electron chi connectivity index (χ4n) is 5.21. The molecule has 0 aromatic heterocycles. The minimum absolute atomic E-state index is 0.327. The SMILES string of the molecule is CCCCCCCCOC(=O)Oc1c2ccccc2c(OC(=O)OCCCCCCCC)c2c(CCC)cccc12. The van der Waals surface area contributed by atoms with Crippen LogP contribution in [0, 0.1) is 0 Å². The fraction of sp³-hybridized carbons (Fsp3) is 0.543. The van der Waals surface area contributed by atoms with Gasteiger partial charge in [0, 0.05) is 21.5 Å². The van der Waals surface area contributed by atoms with Crippen molar-refractivity contribution in [2.24, 2.45) is 0 Å². The molecule has 0 unspecified atom stereocenters. The molecule has 0 aliphatic carbocycles. The minimum Gasteiger partial charge on any atom is -0.434 e. The zero-order chi connectivity index (χ0) is 29.3. The van der Waals surface area contributed by atoms with Crippen LogP contribution in [0.2, 0.25) is 0 Å². The Morgan fingerprint density at radius 3 is 1.59 bits per heavy atom. The molecule has 0 fully saturated rings. The van der Waals surface area contributed by atoms with Gasteiger partial charge in [0.1, 0.15) is 5.75 Å². The summed E-state index contributed by atoms with van der Waals surface area (Å²) in [4.78, 5) is 25.6. The van der Waals surface area contributed by atoms with Crippen molar-refractivity contribution in [2.75, 3.05) is 13.2 Å². The molecule has 0 aliphatic rings. The molecule has 0 radical (unpaired) electrons. The highest BCUT2D eigenvalue weighted by Gasteiger charge is 2.23. The lowest BCUT2D eigenvalue weighted by Gasteiger charge is -2.18. The van der Waals surface area contributed by atoms with E-state index in [1.54, 1.807) is 0 Å². The standard InChI is InChI=1S/C35H48O6/c1-4-7-9-11-13-17-25-38-34(36)40-32-28-22-15-16-23-29(28)33(31-27(20-6-3)21-19-24-30(31)32)41-35(37)39-26-18-14-12-10-8-5-2/h15-16,19,21-24H,4-14,17-18,20,25-26H2,1-3H3. The molecule has 3 aromatic rings. The lowest BCUT2D eigenvalue weighted by Crippen LogP contribution is -2.14. The highest BCUT2D eigenvalue weighted by atomic mass is 16.7. The molecule has 224 valence electrons. The summed E-state index contributed by atoms with van der Waals surface area (Å²) in [5.41, 5.74) is 1.01. The van der Waals surface area contributed by atoms with Crippen LogP contribution in [0.15, 0.2) is 42.5 Å². The van der Waals surface area contributed by atoms with Crippen molar-refractivity contribution < 1.29 is 28.5 Å². The molecular formula is C35H48O6. The molecule has 0 saturated carbocycles. The highest BCUT2D eigenvalue weighted by molar-refractivity contribution is 6.13. The van der Waals surface area contributed by atoms with Crippen LogP contribution in [0.25, 0.3) is 21.5 Å². The van der Waals surface area contributed by atoms with Crippen LogP contribution >= 0.6 is 0 Å². The van der Waals surface area contributed by atoms with Crippen molar-refractivity contribution in [3.8, 4) is 11.5 Å². The van der Waals surface area contributed by atoms with E-state index < -0.39 is 12.3 Å². The molecule has 0 amide bonds. The fourth-order valence-corrected chi connectivity index (χ4v) is 5.21. The third-order valence-electron chi connectivity index (χ3n) is 7.36. The number of benzene rings is 3. The number of aryl methyl sites for hydroxylation is 1. The van der Waals surface area contributed by atoms with Crippen LogP contribution in [-0.4, -0.2) is 25.5 Å². The third-order valence-corrected chi connectivity index (χ3v) is 7.36. The number of ether oxygens (including phenoxy) is 4. The Kier molecular flexibility index (Phi) is 14.3. The Balaban J connectivity index is 1.81. The second kappa shape index (κ2) is 18.2. The van der Waals surface area contributed by atoms with Gasteiger partial charge in [-0.3, -0.25) is 0 Å². The monoisotopic (exact) mass is 564 g/mol. The van der Waals surface area contributed by atoms with E-state index in [0.717, 1.165) is 62.3 Å². The Morgan fingerprint density at radius 1 is 0.537 bits per heavy atom. The van der Waals surface area contributed by atoms with Gasteiger partial charge < -0.3 is 18.9 Å². The first-order chi connectivity index (χ1) is 20.1. The Morgan fingerprint density at radius 2 is 1.02 bits per heavy atom. The van der Waals surface area contributed by atoms with Crippen LogP contribution < -0.4 is 9.47 Å². The van der Waals surface area contributed by atoms with Gasteiger partial charge in [-0.1, -0.05) is 134 Å². The van der Waals surface area contributed by atoms with Gasteiger partial charge in [0.05, 0.1) is 13.2 Å². The van der Waals surface area contributed by atoms with Gasteiger partial charge in [-0.25, -0.2) is 9.59 Å². The maximum atomic E-state index is 12.8. The van der Waals surface area contributed by atoms with Crippen molar-refractivity contribution >= 4 is 33.9 Å². The summed E-state index contributed by atoms with van der Waals surface area (Å²) in [6.07, 6.45) is 13.5. The largest absolute Gasteiger partial charge is 0.513 e. The van der Waals surface area contributed by atoms with Gasteiger partial charge >= 0.3 is 12.3 Å². The zero-order valence-electron chi connectivity index (χ0n) is 25.3. The number of unbranched alkanes of at least 4 members (excludes halogenated alkanes) is 10. The van der Waals surface area contributed by atoms with E-state index in [1.807, 2.05) is 42.5 Å². The molecule has 6 nitrogen and oxygen atoms in total. The number of rotatable bonds is 18. The predicted molar refractivity (Wildman–Crippen MR) is 166 cm³/mol. The highest BCUT2D eigenvalue weighted by Crippen LogP contribution is 2.44. The van der Waals surface area contributed by atoms with Crippen LogP contribution in [0.3, 0.4) is 0 Å². The number of fused-ring (bicyclic) bond motifs is 2. The summed E-state index contributed by atoms with van der Waals surface area (Å²) in [6, 6.07) is 13.4. The maximum absolute atomic E-state index is 12.8. The molecule has 0 aliphatic heterocycles. The van der Waals surface area contributed by atoms with E-state index >= 15 is 0 Å². The van der Waals surface area contributed by atoms with Crippen LogP contribution in [-0.2, 0) is 15.9 Å². The van der Waals surface area contributed by atoms with E-state index in [-0.39, 0.29) is 0 Å². The molecule has 3 aromatic carbocycles. The van der Waals surface area contributed by atoms with Gasteiger partial charge in [0.2, 0.25) is 0 Å². The molecule has 0 heterocycles.